The van der Waals surface area contributed by atoms with Gasteiger partial charge in [0, 0.05) is 52.8 Å². The fourth-order valence-corrected chi connectivity index (χ4v) is 8.58. The van der Waals surface area contributed by atoms with E-state index >= 15 is 0 Å². The van der Waals surface area contributed by atoms with Crippen LogP contribution in [0.1, 0.15) is 63.2 Å². The second kappa shape index (κ2) is 16.3. The Bertz CT molecular complexity index is 2310. The first-order valence-corrected chi connectivity index (χ1v) is 19.8. The van der Waals surface area contributed by atoms with Crippen molar-refractivity contribution in [2.75, 3.05) is 13.2 Å². The van der Waals surface area contributed by atoms with Gasteiger partial charge in [0.15, 0.2) is 0 Å². The Balaban J connectivity index is 0.748. The number of nitrogens with zero attached hydrogens (tertiary/aromatic N) is 2. The largest absolute Gasteiger partial charge is 0.494 e. The zero-order valence-corrected chi connectivity index (χ0v) is 31.7. The van der Waals surface area contributed by atoms with Crippen LogP contribution in [0.5, 0.6) is 11.5 Å². The molecular weight excluding hydrogens is 709 g/mol. The van der Waals surface area contributed by atoms with Crippen molar-refractivity contribution in [3.63, 3.8) is 0 Å². The molecule has 2 aliphatic rings. The highest BCUT2D eigenvalue weighted by Gasteiger charge is 2.40. The molecule has 1 saturated heterocycles. The SMILES string of the molecule is Cc1c(-c2ccccc2)n(Cc2ccc(OCCCCNCc3ccc(OCc4scc5c4CN(C4CCC(=O)NC4=O)C5=O)cc3)cc2)c2ccccc12. The summed E-state index contributed by atoms with van der Waals surface area (Å²) < 4.78 is 14.6. The second-order valence-corrected chi connectivity index (χ2v) is 15.2. The molecule has 2 aliphatic heterocycles. The van der Waals surface area contributed by atoms with Gasteiger partial charge < -0.3 is 24.3 Å². The van der Waals surface area contributed by atoms with Crippen molar-refractivity contribution in [1.82, 2.24) is 20.1 Å². The molecule has 1 unspecified atom stereocenters. The Hall–Kier alpha value is -5.71. The number of amides is 3. The molecule has 0 aliphatic carbocycles. The van der Waals surface area contributed by atoms with Crippen LogP contribution in [0.4, 0.5) is 0 Å². The number of hydrogen-bond acceptors (Lipinski definition) is 7. The van der Waals surface area contributed by atoms with Crippen LogP contribution in [0.15, 0.2) is 109 Å². The zero-order chi connectivity index (χ0) is 37.7. The molecule has 8 rings (SSSR count). The highest BCUT2D eigenvalue weighted by molar-refractivity contribution is 7.10. The Labute approximate surface area is 324 Å². The Morgan fingerprint density at radius 1 is 0.836 bits per heavy atom. The van der Waals surface area contributed by atoms with Crippen LogP contribution in [0.2, 0.25) is 0 Å². The van der Waals surface area contributed by atoms with E-state index in [0.29, 0.717) is 31.7 Å². The lowest BCUT2D eigenvalue weighted by Gasteiger charge is -2.29. The average molecular weight is 753 g/mol. The van der Waals surface area contributed by atoms with Gasteiger partial charge in [0.25, 0.3) is 5.91 Å². The lowest BCUT2D eigenvalue weighted by Crippen LogP contribution is -2.52. The predicted octanol–water partition coefficient (Wildman–Crippen LogP) is 8.02. The number of imide groups is 1. The summed E-state index contributed by atoms with van der Waals surface area (Å²) in [6, 6.07) is 35.2. The molecule has 6 aromatic rings. The quantitative estimate of drug-likeness (QED) is 0.0815. The molecule has 2 aromatic heterocycles. The van der Waals surface area contributed by atoms with E-state index in [4.69, 9.17) is 9.47 Å². The third kappa shape index (κ3) is 7.92. The van der Waals surface area contributed by atoms with Gasteiger partial charge in [-0.25, -0.2) is 0 Å². The number of thiophene rings is 1. The van der Waals surface area contributed by atoms with Crippen molar-refractivity contribution < 1.29 is 23.9 Å². The lowest BCUT2D eigenvalue weighted by atomic mass is 10.0. The van der Waals surface area contributed by atoms with E-state index in [2.05, 4.69) is 113 Å². The number of hydrogen-bond donors (Lipinski definition) is 2. The number of carbonyl (C=O) groups is 3. The molecule has 55 heavy (non-hydrogen) atoms. The van der Waals surface area contributed by atoms with Crippen LogP contribution in [0.3, 0.4) is 0 Å². The minimum Gasteiger partial charge on any atom is -0.494 e. The van der Waals surface area contributed by atoms with Crippen molar-refractivity contribution in [3.05, 3.63) is 141 Å². The highest BCUT2D eigenvalue weighted by Crippen LogP contribution is 2.36. The van der Waals surface area contributed by atoms with Gasteiger partial charge in [-0.3, -0.25) is 19.7 Å². The second-order valence-electron chi connectivity index (χ2n) is 14.2. The molecule has 1 atom stereocenters. The van der Waals surface area contributed by atoms with Gasteiger partial charge in [0.05, 0.1) is 17.9 Å². The monoisotopic (exact) mass is 752 g/mol. The summed E-state index contributed by atoms with van der Waals surface area (Å²) in [5, 5.41) is 9.01. The number of ether oxygens (including phenoxy) is 2. The van der Waals surface area contributed by atoms with Gasteiger partial charge >= 0.3 is 0 Å². The first-order chi connectivity index (χ1) is 26.9. The summed E-state index contributed by atoms with van der Waals surface area (Å²) in [5.74, 6) is 0.801. The first kappa shape index (κ1) is 36.3. The van der Waals surface area contributed by atoms with Crippen molar-refractivity contribution in [1.29, 1.82) is 0 Å². The maximum Gasteiger partial charge on any atom is 0.256 e. The maximum absolute atomic E-state index is 13.0. The number of fused-ring (bicyclic) bond motifs is 2. The van der Waals surface area contributed by atoms with E-state index in [0.717, 1.165) is 54.4 Å². The zero-order valence-electron chi connectivity index (χ0n) is 30.9. The van der Waals surface area contributed by atoms with Crippen molar-refractivity contribution >= 4 is 40.0 Å². The molecule has 0 bridgehead atoms. The molecule has 4 heterocycles. The molecule has 0 saturated carbocycles. The van der Waals surface area contributed by atoms with Crippen molar-refractivity contribution in [2.45, 2.75) is 64.9 Å². The molecular formula is C45H44N4O5S. The van der Waals surface area contributed by atoms with Gasteiger partial charge in [0.2, 0.25) is 11.8 Å². The molecule has 9 nitrogen and oxygen atoms in total. The third-order valence-electron chi connectivity index (χ3n) is 10.6. The summed E-state index contributed by atoms with van der Waals surface area (Å²) in [6.45, 7) is 6.04. The van der Waals surface area contributed by atoms with E-state index < -0.39 is 11.9 Å². The molecule has 2 N–H and O–H groups in total. The van der Waals surface area contributed by atoms with Gasteiger partial charge in [0.1, 0.15) is 24.1 Å². The minimum absolute atomic E-state index is 0.159. The molecule has 280 valence electrons. The molecule has 10 heteroatoms. The molecule has 0 spiro atoms. The van der Waals surface area contributed by atoms with Crippen LogP contribution in [-0.2, 0) is 35.8 Å². The number of unbranched alkanes of at least 4 members (excludes halogenated alkanes) is 1. The highest BCUT2D eigenvalue weighted by atomic mass is 32.1. The van der Waals surface area contributed by atoms with Gasteiger partial charge in [-0.2, -0.15) is 0 Å². The molecule has 4 aromatic carbocycles. The molecule has 1 fully saturated rings. The van der Waals surface area contributed by atoms with E-state index in [9.17, 15) is 14.4 Å². The molecule has 3 amide bonds. The van der Waals surface area contributed by atoms with E-state index in [1.807, 2.05) is 17.5 Å². The van der Waals surface area contributed by atoms with Crippen LogP contribution in [0, 0.1) is 6.92 Å². The van der Waals surface area contributed by atoms with E-state index in [1.54, 1.807) is 4.90 Å². The maximum atomic E-state index is 13.0. The van der Waals surface area contributed by atoms with Crippen molar-refractivity contribution in [3.8, 4) is 22.8 Å². The normalized spacial score (nSPS) is 15.4. The number of nitrogens with one attached hydrogen (secondary N) is 2. The first-order valence-electron chi connectivity index (χ1n) is 18.9. The fourth-order valence-electron chi connectivity index (χ4n) is 7.63. The topological polar surface area (TPSA) is 102 Å². The number of aromatic nitrogens is 1. The lowest BCUT2D eigenvalue weighted by molar-refractivity contribution is -0.136. The average Bonchev–Trinajstić information content (AvgIpc) is 3.85. The fraction of sp³-hybridized carbons (Fsp3) is 0.267. The Morgan fingerprint density at radius 3 is 2.35 bits per heavy atom. The number of benzene rings is 4. The van der Waals surface area contributed by atoms with E-state index in [-0.39, 0.29) is 18.2 Å². The van der Waals surface area contributed by atoms with Crippen LogP contribution < -0.4 is 20.1 Å². The van der Waals surface area contributed by atoms with Crippen LogP contribution >= 0.6 is 11.3 Å². The number of piperidine rings is 1. The van der Waals surface area contributed by atoms with E-state index in [1.165, 1.54) is 50.2 Å². The van der Waals surface area contributed by atoms with Crippen LogP contribution in [-0.4, -0.2) is 46.4 Å². The third-order valence-corrected chi connectivity index (χ3v) is 11.6. The smallest absolute Gasteiger partial charge is 0.256 e. The predicted molar refractivity (Wildman–Crippen MR) is 215 cm³/mol. The molecule has 0 radical (unpaired) electrons. The number of carbonyl (C=O) groups excluding carboxylic acids is 3. The van der Waals surface area contributed by atoms with Crippen LogP contribution in [0.25, 0.3) is 22.2 Å². The number of aryl methyl sites for hydroxylation is 1. The number of rotatable bonds is 15. The number of para-hydroxylation sites is 1. The van der Waals surface area contributed by atoms with Gasteiger partial charge in [-0.15, -0.1) is 11.3 Å². The summed E-state index contributed by atoms with van der Waals surface area (Å²) in [6.07, 6.45) is 2.56. The van der Waals surface area contributed by atoms with Gasteiger partial charge in [-0.1, -0.05) is 72.8 Å². The summed E-state index contributed by atoms with van der Waals surface area (Å²) in [5.41, 5.74) is 8.98. The summed E-state index contributed by atoms with van der Waals surface area (Å²) in [4.78, 5) is 39.5. The Kier molecular flexibility index (Phi) is 10.8. The standard InChI is InChI=1S/C45H44N4O5S/c1-30-36-11-5-6-12-39(36)48(43(30)33-9-3-2-4-10-33)26-32-15-19-34(20-16-32)53-24-8-7-23-46-25-31-13-17-35(18-14-31)54-28-41-37-27-49(45(52)38(37)29-55-41)40-21-22-42(50)47-44(40)51/h2-6,9-20,29,40,46H,7-8,21-28H2,1H3,(H,47,50,51). The van der Waals surface area contributed by atoms with Crippen molar-refractivity contribution in [2.24, 2.45) is 0 Å². The Morgan fingerprint density at radius 2 is 1.56 bits per heavy atom. The summed E-state index contributed by atoms with van der Waals surface area (Å²) in [7, 11) is 0. The van der Waals surface area contributed by atoms with Gasteiger partial charge in [-0.05, 0) is 85.3 Å². The summed E-state index contributed by atoms with van der Waals surface area (Å²) >= 11 is 1.50. The minimum atomic E-state index is -0.614.